The number of ether oxygens (including phenoxy) is 1. The zero-order chi connectivity index (χ0) is 21.5. The smallest absolute Gasteiger partial charge is 0.406 e. The summed E-state index contributed by atoms with van der Waals surface area (Å²) < 4.78 is 4.91. The topological polar surface area (TPSA) is 114 Å². The summed E-state index contributed by atoms with van der Waals surface area (Å²) in [7, 11) is 1.46. The molecule has 0 fully saturated rings. The maximum atomic E-state index is 13.0. The third kappa shape index (κ3) is 4.54. The summed E-state index contributed by atoms with van der Waals surface area (Å²) in [5, 5.41) is 7.85. The summed E-state index contributed by atoms with van der Waals surface area (Å²) in [5.41, 5.74) is 0.786. The molecule has 0 radical (unpaired) electrons. The lowest BCUT2D eigenvalue weighted by atomic mass is 9.90. The van der Waals surface area contributed by atoms with Crippen LogP contribution < -0.4 is 16.0 Å². The molecular weight excluding hydrogens is 386 g/mol. The normalized spacial score (nSPS) is 12.8. The Morgan fingerprint density at radius 1 is 0.867 bits per heavy atom. The minimum atomic E-state index is -0.553. The van der Waals surface area contributed by atoms with Crippen molar-refractivity contribution in [3.05, 3.63) is 82.7 Å². The van der Waals surface area contributed by atoms with Gasteiger partial charge in [0.05, 0.1) is 6.61 Å². The monoisotopic (exact) mass is 407 g/mol. The number of benzene rings is 2. The average molecular weight is 407 g/mol. The maximum Gasteiger partial charge on any atom is 0.406 e. The predicted octanol–water partition coefficient (Wildman–Crippen LogP) is 2.04. The number of amides is 2. The van der Waals surface area contributed by atoms with Gasteiger partial charge < -0.3 is 20.7 Å². The van der Waals surface area contributed by atoms with Gasteiger partial charge in [-0.3, -0.25) is 14.4 Å². The van der Waals surface area contributed by atoms with Crippen LogP contribution in [-0.2, 0) is 4.74 Å². The van der Waals surface area contributed by atoms with Gasteiger partial charge in [0.1, 0.15) is 11.4 Å². The van der Waals surface area contributed by atoms with Gasteiger partial charge in [0.2, 0.25) is 11.6 Å². The number of hydrogen-bond donors (Lipinski definition) is 3. The number of nitrogens with one attached hydrogen (secondary N) is 3. The molecule has 2 amide bonds. The van der Waals surface area contributed by atoms with Crippen LogP contribution >= 0.6 is 0 Å². The summed E-state index contributed by atoms with van der Waals surface area (Å²) >= 11 is 0. The molecule has 0 heterocycles. The third-order valence-electron chi connectivity index (χ3n) is 4.46. The van der Waals surface area contributed by atoms with Crippen LogP contribution in [0.2, 0.25) is 0 Å². The molecule has 0 spiro atoms. The SMILES string of the molecule is CNC(=O)OCCCNC1=C(NC(=O)c2ccccc2)C(=O)c2ccccc2C1=O. The molecule has 1 aliphatic rings. The number of carbonyl (C=O) groups is 4. The number of alkyl carbamates (subject to hydrolysis) is 1. The Kier molecular flexibility index (Phi) is 6.59. The minimum Gasteiger partial charge on any atom is -0.450 e. The Balaban J connectivity index is 1.82. The Labute approximate surface area is 173 Å². The van der Waals surface area contributed by atoms with Crippen LogP contribution in [0, 0.1) is 0 Å². The first kappa shape index (κ1) is 20.8. The molecular formula is C22H21N3O5. The van der Waals surface area contributed by atoms with E-state index in [1.165, 1.54) is 7.05 Å². The summed E-state index contributed by atoms with van der Waals surface area (Å²) in [6, 6.07) is 14.9. The molecule has 0 bridgehead atoms. The molecule has 0 aliphatic heterocycles. The van der Waals surface area contributed by atoms with Crippen LogP contribution in [0.3, 0.4) is 0 Å². The van der Waals surface area contributed by atoms with E-state index in [4.69, 9.17) is 4.74 Å². The molecule has 3 N–H and O–H groups in total. The van der Waals surface area contributed by atoms with E-state index < -0.39 is 17.8 Å². The van der Waals surface area contributed by atoms with Gasteiger partial charge in [0.25, 0.3) is 5.91 Å². The van der Waals surface area contributed by atoms with Gasteiger partial charge in [0, 0.05) is 30.3 Å². The average Bonchev–Trinajstić information content (AvgIpc) is 2.79. The Hall–Kier alpha value is -3.94. The minimum absolute atomic E-state index is 0.0166. The van der Waals surface area contributed by atoms with Gasteiger partial charge >= 0.3 is 6.09 Å². The van der Waals surface area contributed by atoms with Crippen LogP contribution in [0.5, 0.6) is 0 Å². The van der Waals surface area contributed by atoms with Crippen molar-refractivity contribution in [2.45, 2.75) is 6.42 Å². The summed E-state index contributed by atoms with van der Waals surface area (Å²) in [6.07, 6.45) is -0.150. The van der Waals surface area contributed by atoms with Crippen LogP contribution in [0.4, 0.5) is 4.79 Å². The van der Waals surface area contributed by atoms with Gasteiger partial charge in [0.15, 0.2) is 0 Å². The first-order valence-corrected chi connectivity index (χ1v) is 9.40. The second kappa shape index (κ2) is 9.51. The lowest BCUT2D eigenvalue weighted by molar-refractivity contribution is 0.0917. The molecule has 8 heteroatoms. The highest BCUT2D eigenvalue weighted by molar-refractivity contribution is 6.27. The number of ketones is 2. The zero-order valence-electron chi connectivity index (χ0n) is 16.4. The van der Waals surface area contributed by atoms with Crippen molar-refractivity contribution in [1.82, 2.24) is 16.0 Å². The van der Waals surface area contributed by atoms with Crippen molar-refractivity contribution in [3.63, 3.8) is 0 Å². The van der Waals surface area contributed by atoms with E-state index in [0.29, 0.717) is 12.0 Å². The highest BCUT2D eigenvalue weighted by atomic mass is 16.5. The Morgan fingerprint density at radius 2 is 1.47 bits per heavy atom. The molecule has 8 nitrogen and oxygen atoms in total. The second-order valence-electron chi connectivity index (χ2n) is 6.44. The van der Waals surface area contributed by atoms with E-state index in [1.54, 1.807) is 54.6 Å². The fraction of sp³-hybridized carbons (Fsp3) is 0.182. The van der Waals surface area contributed by atoms with Crippen molar-refractivity contribution >= 4 is 23.6 Å². The fourth-order valence-corrected chi connectivity index (χ4v) is 2.96. The largest absolute Gasteiger partial charge is 0.450 e. The van der Waals surface area contributed by atoms with E-state index >= 15 is 0 Å². The lowest BCUT2D eigenvalue weighted by Gasteiger charge is -2.22. The van der Waals surface area contributed by atoms with Crippen molar-refractivity contribution in [3.8, 4) is 0 Å². The predicted molar refractivity (Wildman–Crippen MR) is 109 cm³/mol. The van der Waals surface area contributed by atoms with E-state index in [1.807, 2.05) is 0 Å². The third-order valence-corrected chi connectivity index (χ3v) is 4.46. The molecule has 30 heavy (non-hydrogen) atoms. The number of hydrogen-bond acceptors (Lipinski definition) is 6. The van der Waals surface area contributed by atoms with Crippen molar-refractivity contribution in [1.29, 1.82) is 0 Å². The number of Topliss-reactive ketones (excluding diaryl/α,β-unsaturated/α-hetero) is 2. The molecule has 154 valence electrons. The Morgan fingerprint density at radius 3 is 2.10 bits per heavy atom. The van der Waals surface area contributed by atoms with Crippen molar-refractivity contribution in [2.24, 2.45) is 0 Å². The first-order valence-electron chi connectivity index (χ1n) is 9.40. The molecule has 0 saturated heterocycles. The van der Waals surface area contributed by atoms with Gasteiger partial charge in [-0.1, -0.05) is 42.5 Å². The summed E-state index contributed by atoms with van der Waals surface area (Å²) in [6.45, 7) is 0.391. The quantitative estimate of drug-likeness (QED) is 0.606. The molecule has 2 aromatic rings. The van der Waals surface area contributed by atoms with Gasteiger partial charge in [-0.05, 0) is 18.6 Å². The Bertz CT molecular complexity index is 1010. The van der Waals surface area contributed by atoms with E-state index in [9.17, 15) is 19.2 Å². The highest BCUT2D eigenvalue weighted by Crippen LogP contribution is 2.24. The molecule has 0 unspecified atom stereocenters. The van der Waals surface area contributed by atoms with E-state index in [0.717, 1.165) is 0 Å². The van der Waals surface area contributed by atoms with Gasteiger partial charge in [-0.15, -0.1) is 0 Å². The molecule has 0 aromatic heterocycles. The van der Waals surface area contributed by atoms with E-state index in [-0.39, 0.29) is 41.5 Å². The maximum absolute atomic E-state index is 13.0. The molecule has 0 saturated carbocycles. The summed E-state index contributed by atoms with van der Waals surface area (Å²) in [5.74, 6) is -1.33. The van der Waals surface area contributed by atoms with Crippen LogP contribution in [0.15, 0.2) is 66.0 Å². The van der Waals surface area contributed by atoms with Crippen molar-refractivity contribution < 1.29 is 23.9 Å². The van der Waals surface area contributed by atoms with Crippen LogP contribution in [-0.4, -0.2) is 43.8 Å². The number of fused-ring (bicyclic) bond motifs is 1. The molecule has 1 aliphatic carbocycles. The second-order valence-corrected chi connectivity index (χ2v) is 6.44. The fourth-order valence-electron chi connectivity index (χ4n) is 2.96. The van der Waals surface area contributed by atoms with Gasteiger partial charge in [-0.2, -0.15) is 0 Å². The molecule has 0 atom stereocenters. The number of rotatable bonds is 7. The lowest BCUT2D eigenvalue weighted by Crippen LogP contribution is -2.38. The standard InChI is InChI=1S/C22H21N3O5/c1-23-22(29)30-13-7-12-24-17-18(25-21(28)14-8-3-2-4-9-14)20(27)16-11-6-5-10-15(16)19(17)26/h2-6,8-11,24H,7,12-13H2,1H3,(H,23,29)(H,25,28). The van der Waals surface area contributed by atoms with Crippen LogP contribution in [0.25, 0.3) is 0 Å². The van der Waals surface area contributed by atoms with Gasteiger partial charge in [-0.25, -0.2) is 4.79 Å². The molecule has 3 rings (SSSR count). The highest BCUT2D eigenvalue weighted by Gasteiger charge is 2.33. The van der Waals surface area contributed by atoms with E-state index in [2.05, 4.69) is 16.0 Å². The number of carbonyl (C=O) groups excluding carboxylic acids is 4. The number of allylic oxidation sites excluding steroid dienone is 2. The first-order chi connectivity index (χ1) is 14.5. The van der Waals surface area contributed by atoms with Crippen molar-refractivity contribution in [2.75, 3.05) is 20.2 Å². The zero-order valence-corrected chi connectivity index (χ0v) is 16.4. The summed E-state index contributed by atoms with van der Waals surface area (Å²) in [4.78, 5) is 49.7. The van der Waals surface area contributed by atoms with Crippen LogP contribution in [0.1, 0.15) is 37.5 Å². The molecule has 2 aromatic carbocycles.